The molecule has 0 amide bonds. The van der Waals surface area contributed by atoms with Crippen molar-refractivity contribution >= 4 is 11.3 Å². The highest BCUT2D eigenvalue weighted by atomic mass is 16.3. The lowest BCUT2D eigenvalue weighted by Crippen LogP contribution is -2.21. The number of aromatic amines is 1. The number of benzene rings is 2. The second-order valence-electron chi connectivity index (χ2n) is 5.86. The van der Waals surface area contributed by atoms with Crippen LogP contribution in [0, 0.1) is 0 Å². The standard InChI is InChI=1S/C19H16N4O2/c1-12(13-6-3-2-4-7-13)23-18-17(22-19(23)25)20-11-16(21-18)14-8-5-9-15(24)10-14/h2-12,24H,1H3,(H,20,22,25)/t12-/m0/s1. The Balaban J connectivity index is 1.89. The van der Waals surface area contributed by atoms with Gasteiger partial charge in [0.25, 0.3) is 0 Å². The molecule has 0 aliphatic carbocycles. The summed E-state index contributed by atoms with van der Waals surface area (Å²) in [5.74, 6) is 0.156. The van der Waals surface area contributed by atoms with E-state index in [9.17, 15) is 9.90 Å². The summed E-state index contributed by atoms with van der Waals surface area (Å²) in [7, 11) is 0. The molecule has 0 fully saturated rings. The van der Waals surface area contributed by atoms with Crippen molar-refractivity contribution in [3.8, 4) is 17.0 Å². The van der Waals surface area contributed by atoms with E-state index in [0.717, 1.165) is 11.1 Å². The molecule has 4 aromatic rings. The van der Waals surface area contributed by atoms with Crippen molar-refractivity contribution in [2.75, 3.05) is 0 Å². The molecule has 1 atom stereocenters. The predicted octanol–water partition coefficient (Wildman–Crippen LogP) is 3.10. The third kappa shape index (κ3) is 2.67. The molecule has 0 saturated heterocycles. The van der Waals surface area contributed by atoms with Crippen LogP contribution in [0.2, 0.25) is 0 Å². The fourth-order valence-corrected chi connectivity index (χ4v) is 2.94. The van der Waals surface area contributed by atoms with Crippen molar-refractivity contribution in [3.63, 3.8) is 0 Å². The van der Waals surface area contributed by atoms with Crippen LogP contribution < -0.4 is 5.69 Å². The van der Waals surface area contributed by atoms with E-state index in [4.69, 9.17) is 0 Å². The number of aromatic nitrogens is 4. The van der Waals surface area contributed by atoms with Gasteiger partial charge in [-0.25, -0.2) is 14.8 Å². The number of nitrogens with one attached hydrogen (secondary N) is 1. The van der Waals surface area contributed by atoms with Gasteiger partial charge in [0, 0.05) is 5.56 Å². The average molecular weight is 332 g/mol. The van der Waals surface area contributed by atoms with E-state index in [-0.39, 0.29) is 17.5 Å². The van der Waals surface area contributed by atoms with Gasteiger partial charge in [-0.05, 0) is 24.6 Å². The Morgan fingerprint density at radius 1 is 1.12 bits per heavy atom. The maximum Gasteiger partial charge on any atom is 0.329 e. The first kappa shape index (κ1) is 15.1. The van der Waals surface area contributed by atoms with E-state index in [2.05, 4.69) is 15.0 Å². The number of hydrogen-bond acceptors (Lipinski definition) is 4. The van der Waals surface area contributed by atoms with E-state index in [1.54, 1.807) is 29.0 Å². The average Bonchev–Trinajstić information content (AvgIpc) is 2.96. The molecule has 0 bridgehead atoms. The van der Waals surface area contributed by atoms with Crippen molar-refractivity contribution < 1.29 is 5.11 Å². The van der Waals surface area contributed by atoms with Crippen LogP contribution in [0.5, 0.6) is 5.75 Å². The Morgan fingerprint density at radius 2 is 1.92 bits per heavy atom. The highest BCUT2D eigenvalue weighted by Crippen LogP contribution is 2.24. The zero-order valence-corrected chi connectivity index (χ0v) is 13.5. The summed E-state index contributed by atoms with van der Waals surface area (Å²) in [4.78, 5) is 24.1. The van der Waals surface area contributed by atoms with Crippen LogP contribution in [0.25, 0.3) is 22.6 Å². The van der Waals surface area contributed by atoms with Gasteiger partial charge >= 0.3 is 5.69 Å². The van der Waals surface area contributed by atoms with Crippen LogP contribution in [0.1, 0.15) is 18.5 Å². The number of nitrogens with zero attached hydrogens (tertiary/aromatic N) is 3. The summed E-state index contributed by atoms with van der Waals surface area (Å²) in [6.45, 7) is 1.95. The molecule has 6 nitrogen and oxygen atoms in total. The van der Waals surface area contributed by atoms with Gasteiger partial charge in [0.15, 0.2) is 11.3 Å². The molecule has 2 aromatic carbocycles. The topological polar surface area (TPSA) is 83.8 Å². The third-order valence-electron chi connectivity index (χ3n) is 4.24. The van der Waals surface area contributed by atoms with Crippen LogP contribution in [0.3, 0.4) is 0 Å². The zero-order chi connectivity index (χ0) is 17.4. The third-order valence-corrected chi connectivity index (χ3v) is 4.24. The largest absolute Gasteiger partial charge is 0.508 e. The number of fused-ring (bicyclic) bond motifs is 1. The molecule has 0 radical (unpaired) electrons. The molecule has 4 rings (SSSR count). The van der Waals surface area contributed by atoms with Gasteiger partial charge in [-0.1, -0.05) is 42.5 Å². The minimum Gasteiger partial charge on any atom is -0.508 e. The lowest BCUT2D eigenvalue weighted by molar-refractivity contribution is 0.475. The van der Waals surface area contributed by atoms with E-state index in [1.807, 2.05) is 43.3 Å². The highest BCUT2D eigenvalue weighted by Gasteiger charge is 2.17. The molecule has 25 heavy (non-hydrogen) atoms. The molecule has 2 aromatic heterocycles. The SMILES string of the molecule is C[C@@H](c1ccccc1)n1c(=O)[nH]c2ncc(-c3cccc(O)c3)nc21. The predicted molar refractivity (Wildman–Crippen MR) is 95.5 cm³/mol. The fraction of sp³-hybridized carbons (Fsp3) is 0.105. The number of aromatic hydroxyl groups is 1. The first-order chi connectivity index (χ1) is 12.1. The summed E-state index contributed by atoms with van der Waals surface area (Å²) in [6.07, 6.45) is 1.59. The molecule has 0 spiro atoms. The van der Waals surface area contributed by atoms with Gasteiger partial charge in [0.1, 0.15) is 5.75 Å². The van der Waals surface area contributed by atoms with Gasteiger partial charge in [-0.15, -0.1) is 0 Å². The van der Waals surface area contributed by atoms with Gasteiger partial charge < -0.3 is 5.11 Å². The zero-order valence-electron chi connectivity index (χ0n) is 13.5. The number of rotatable bonds is 3. The van der Waals surface area contributed by atoms with Gasteiger partial charge in [0.05, 0.1) is 17.9 Å². The summed E-state index contributed by atoms with van der Waals surface area (Å²) >= 11 is 0. The van der Waals surface area contributed by atoms with Crippen molar-refractivity contribution in [3.05, 3.63) is 76.8 Å². The molecule has 2 heterocycles. The minimum absolute atomic E-state index is 0.156. The molecular formula is C19H16N4O2. The summed E-state index contributed by atoms with van der Waals surface area (Å²) in [5, 5.41) is 9.67. The Labute approximate surface area is 143 Å². The van der Waals surface area contributed by atoms with E-state index in [0.29, 0.717) is 17.0 Å². The molecule has 0 aliphatic heterocycles. The van der Waals surface area contributed by atoms with Gasteiger partial charge in [-0.2, -0.15) is 0 Å². The first-order valence-corrected chi connectivity index (χ1v) is 7.95. The Hall–Kier alpha value is -3.41. The molecule has 124 valence electrons. The van der Waals surface area contributed by atoms with Crippen molar-refractivity contribution in [1.29, 1.82) is 0 Å². The van der Waals surface area contributed by atoms with Crippen LogP contribution in [0.4, 0.5) is 0 Å². The Kier molecular flexibility index (Phi) is 3.57. The monoisotopic (exact) mass is 332 g/mol. The van der Waals surface area contributed by atoms with Crippen molar-refractivity contribution in [2.45, 2.75) is 13.0 Å². The van der Waals surface area contributed by atoms with Crippen LogP contribution >= 0.6 is 0 Å². The molecule has 2 N–H and O–H groups in total. The number of imidazole rings is 1. The molecule has 0 aliphatic rings. The van der Waals surface area contributed by atoms with E-state index >= 15 is 0 Å². The van der Waals surface area contributed by atoms with Gasteiger partial charge in [-0.3, -0.25) is 9.55 Å². The Bertz CT molecular complexity index is 1100. The number of phenolic OH excluding ortho intramolecular Hbond substituents is 1. The molecular weight excluding hydrogens is 316 g/mol. The maximum absolute atomic E-state index is 12.4. The van der Waals surface area contributed by atoms with Gasteiger partial charge in [0.2, 0.25) is 0 Å². The second kappa shape index (κ2) is 5.90. The summed E-state index contributed by atoms with van der Waals surface area (Å²) < 4.78 is 1.60. The Morgan fingerprint density at radius 3 is 2.68 bits per heavy atom. The van der Waals surface area contributed by atoms with Crippen LogP contribution in [-0.2, 0) is 0 Å². The second-order valence-corrected chi connectivity index (χ2v) is 5.86. The molecule has 6 heteroatoms. The number of hydrogen-bond donors (Lipinski definition) is 2. The summed E-state index contributed by atoms with van der Waals surface area (Å²) in [6, 6.07) is 16.4. The first-order valence-electron chi connectivity index (χ1n) is 7.95. The minimum atomic E-state index is -0.251. The van der Waals surface area contributed by atoms with Crippen LogP contribution in [-0.4, -0.2) is 24.6 Å². The lowest BCUT2D eigenvalue weighted by Gasteiger charge is -2.13. The fourth-order valence-electron chi connectivity index (χ4n) is 2.94. The number of phenols is 1. The maximum atomic E-state index is 12.4. The number of H-pyrrole nitrogens is 1. The van der Waals surface area contributed by atoms with Crippen LogP contribution in [0.15, 0.2) is 65.6 Å². The van der Waals surface area contributed by atoms with E-state index < -0.39 is 0 Å². The van der Waals surface area contributed by atoms with Crippen molar-refractivity contribution in [1.82, 2.24) is 19.5 Å². The normalized spacial score (nSPS) is 12.4. The highest BCUT2D eigenvalue weighted by molar-refractivity contribution is 5.71. The smallest absolute Gasteiger partial charge is 0.329 e. The molecule has 0 unspecified atom stereocenters. The van der Waals surface area contributed by atoms with Crippen molar-refractivity contribution in [2.24, 2.45) is 0 Å². The quantitative estimate of drug-likeness (QED) is 0.604. The lowest BCUT2D eigenvalue weighted by atomic mass is 10.1. The summed E-state index contributed by atoms with van der Waals surface area (Å²) in [5.41, 5.74) is 3.02. The molecule has 0 saturated carbocycles. The van der Waals surface area contributed by atoms with E-state index in [1.165, 1.54) is 0 Å².